The summed E-state index contributed by atoms with van der Waals surface area (Å²) in [6.45, 7) is 2.10. The van der Waals surface area contributed by atoms with Gasteiger partial charge in [0.05, 0.1) is 5.69 Å². The molecule has 2 fully saturated rings. The van der Waals surface area contributed by atoms with Crippen LogP contribution in [0.25, 0.3) is 22.5 Å². The third kappa shape index (κ3) is 5.06. The summed E-state index contributed by atoms with van der Waals surface area (Å²) in [5.41, 5.74) is 10.2. The Morgan fingerprint density at radius 3 is 2.51 bits per heavy atom. The smallest absolute Gasteiger partial charge is 0.286 e. The molecule has 1 saturated carbocycles. The van der Waals surface area contributed by atoms with Gasteiger partial charge in [-0.25, -0.2) is 19.5 Å². The predicted molar refractivity (Wildman–Crippen MR) is 175 cm³/mol. The Morgan fingerprint density at radius 2 is 1.79 bits per heavy atom. The molecule has 13 heteroatoms. The molecular formula is C34H36N10O3. The van der Waals surface area contributed by atoms with E-state index in [1.54, 1.807) is 30.6 Å². The lowest BCUT2D eigenvalue weighted by molar-refractivity contribution is -0.139. The van der Waals surface area contributed by atoms with E-state index in [4.69, 9.17) is 5.73 Å². The Bertz CT molecular complexity index is 2030. The van der Waals surface area contributed by atoms with Crippen molar-refractivity contribution in [2.24, 2.45) is 5.92 Å². The van der Waals surface area contributed by atoms with Gasteiger partial charge in [0, 0.05) is 60.7 Å². The summed E-state index contributed by atoms with van der Waals surface area (Å²) >= 11 is 0. The van der Waals surface area contributed by atoms with Gasteiger partial charge in [0.2, 0.25) is 5.91 Å². The number of amides is 2. The van der Waals surface area contributed by atoms with E-state index in [0.29, 0.717) is 47.5 Å². The molecule has 47 heavy (non-hydrogen) atoms. The lowest BCUT2D eigenvalue weighted by atomic mass is 9.83. The maximum absolute atomic E-state index is 13.6. The average Bonchev–Trinajstić information content (AvgIpc) is 3.61. The number of nitrogens with two attached hydrogens (primary N) is 1. The molecule has 1 saturated heterocycles. The van der Waals surface area contributed by atoms with Crippen molar-refractivity contribution < 1.29 is 9.59 Å². The first kappa shape index (κ1) is 29.1. The highest BCUT2D eigenvalue weighted by atomic mass is 16.2. The number of carbonyl (C=O) groups is 2. The van der Waals surface area contributed by atoms with Crippen molar-refractivity contribution in [2.45, 2.75) is 63.8 Å². The number of piperidine rings is 1. The quantitative estimate of drug-likeness (QED) is 0.286. The van der Waals surface area contributed by atoms with Gasteiger partial charge in [0.15, 0.2) is 11.6 Å². The molecule has 7 heterocycles. The standard InChI is InChI=1S/C34H36N10O3/c35-31-30-24(18-26(43(30)39-20-38-31)21-12-16-41(17-13-21)33(46)22-6-5-7-22)23-10-11-27(37-19-23)40-32(45)29-25-8-2-4-15-42(25)44(34(29)47)28-9-1-3-14-36-28/h1,3,9-11,14,18-22H,2,4-8,12-13,15-17H2,(H2,35,38,39)(H,37,40,45). The van der Waals surface area contributed by atoms with Gasteiger partial charge in [0.25, 0.3) is 11.5 Å². The summed E-state index contributed by atoms with van der Waals surface area (Å²) in [4.78, 5) is 55.2. The first-order valence-electron chi connectivity index (χ1n) is 16.4. The first-order chi connectivity index (χ1) is 23.0. The largest absolute Gasteiger partial charge is 0.382 e. The Morgan fingerprint density at radius 1 is 0.936 bits per heavy atom. The van der Waals surface area contributed by atoms with Crippen LogP contribution in [0.5, 0.6) is 0 Å². The van der Waals surface area contributed by atoms with Crippen molar-refractivity contribution in [3.8, 4) is 16.9 Å². The number of nitrogen functional groups attached to an aromatic ring is 1. The summed E-state index contributed by atoms with van der Waals surface area (Å²) < 4.78 is 5.24. The summed E-state index contributed by atoms with van der Waals surface area (Å²) in [6.07, 6.45) is 12.1. The van der Waals surface area contributed by atoms with Gasteiger partial charge in [-0.3, -0.25) is 19.1 Å². The Balaban J connectivity index is 1.05. The minimum Gasteiger partial charge on any atom is -0.382 e. The molecule has 0 spiro atoms. The van der Waals surface area contributed by atoms with Crippen LogP contribution < -0.4 is 16.6 Å². The number of aromatic nitrogens is 7. The third-order valence-corrected chi connectivity index (χ3v) is 9.98. The molecule has 0 aromatic carbocycles. The number of hydrogen-bond acceptors (Lipinski definition) is 8. The van der Waals surface area contributed by atoms with Crippen LogP contribution in [0.1, 0.15) is 72.6 Å². The van der Waals surface area contributed by atoms with Crippen LogP contribution in [-0.4, -0.2) is 63.7 Å². The number of pyridine rings is 2. The van der Waals surface area contributed by atoms with Gasteiger partial charge < -0.3 is 16.0 Å². The summed E-state index contributed by atoms with van der Waals surface area (Å²) in [6, 6.07) is 11.1. The minimum absolute atomic E-state index is 0.120. The van der Waals surface area contributed by atoms with E-state index in [0.717, 1.165) is 74.9 Å². The lowest BCUT2D eigenvalue weighted by Gasteiger charge is -2.36. The molecule has 0 bridgehead atoms. The van der Waals surface area contributed by atoms with Crippen LogP contribution >= 0.6 is 0 Å². The van der Waals surface area contributed by atoms with E-state index >= 15 is 0 Å². The van der Waals surface area contributed by atoms with Crippen LogP contribution in [-0.2, 0) is 17.8 Å². The number of fused-ring (bicyclic) bond motifs is 2. The van der Waals surface area contributed by atoms with Gasteiger partial charge in [0.1, 0.15) is 23.2 Å². The number of carbonyl (C=O) groups excluding carboxylic acids is 2. The van der Waals surface area contributed by atoms with Gasteiger partial charge >= 0.3 is 0 Å². The molecule has 240 valence electrons. The second kappa shape index (κ2) is 11.8. The molecule has 5 aromatic heterocycles. The fraction of sp³-hybridized carbons (Fsp3) is 0.382. The molecular weight excluding hydrogens is 596 g/mol. The van der Waals surface area contributed by atoms with Crippen LogP contribution in [0.3, 0.4) is 0 Å². The van der Waals surface area contributed by atoms with Gasteiger partial charge in [-0.05, 0) is 75.3 Å². The summed E-state index contributed by atoms with van der Waals surface area (Å²) in [5, 5.41) is 7.40. The van der Waals surface area contributed by atoms with E-state index in [-0.39, 0.29) is 17.4 Å². The predicted octanol–water partition coefficient (Wildman–Crippen LogP) is 3.82. The maximum Gasteiger partial charge on any atom is 0.286 e. The molecule has 0 atom stereocenters. The molecule has 3 N–H and O–H groups in total. The first-order valence-corrected chi connectivity index (χ1v) is 16.4. The number of nitrogens with one attached hydrogen (secondary N) is 1. The SMILES string of the molecule is Nc1ncnn2c(C3CCN(C(=O)C4CCC4)CC3)cc(-c3ccc(NC(=O)c4c5n(n(-c6ccccn6)c4=O)CCCC5)nc3)c12. The van der Waals surface area contributed by atoms with E-state index in [1.165, 1.54) is 11.0 Å². The van der Waals surface area contributed by atoms with Crippen molar-refractivity contribution in [1.29, 1.82) is 0 Å². The van der Waals surface area contributed by atoms with E-state index in [2.05, 4.69) is 31.4 Å². The van der Waals surface area contributed by atoms with Gasteiger partial charge in [-0.1, -0.05) is 12.5 Å². The molecule has 1 aliphatic carbocycles. The zero-order valence-corrected chi connectivity index (χ0v) is 26.0. The van der Waals surface area contributed by atoms with Crippen LogP contribution in [0, 0.1) is 5.92 Å². The van der Waals surface area contributed by atoms with Gasteiger partial charge in [-0.2, -0.15) is 9.78 Å². The number of nitrogens with zero attached hydrogens (tertiary/aromatic N) is 8. The van der Waals surface area contributed by atoms with E-state index in [1.807, 2.05) is 26.2 Å². The highest BCUT2D eigenvalue weighted by molar-refractivity contribution is 6.04. The van der Waals surface area contributed by atoms with E-state index < -0.39 is 11.5 Å². The Labute approximate surface area is 270 Å². The summed E-state index contributed by atoms with van der Waals surface area (Å²) in [7, 11) is 0. The highest BCUT2D eigenvalue weighted by Crippen LogP contribution is 2.37. The zero-order valence-electron chi connectivity index (χ0n) is 26.0. The highest BCUT2D eigenvalue weighted by Gasteiger charge is 2.33. The maximum atomic E-state index is 13.6. The molecule has 0 unspecified atom stereocenters. The zero-order chi connectivity index (χ0) is 32.1. The molecule has 5 aromatic rings. The molecule has 2 aliphatic heterocycles. The number of likely N-dealkylation sites (tertiary alicyclic amines) is 1. The molecule has 3 aliphatic rings. The van der Waals surface area contributed by atoms with Crippen molar-refractivity contribution in [3.05, 3.63) is 82.4 Å². The van der Waals surface area contributed by atoms with Crippen molar-refractivity contribution in [3.63, 3.8) is 0 Å². The van der Waals surface area contributed by atoms with Crippen molar-refractivity contribution in [2.75, 3.05) is 24.1 Å². The number of rotatable bonds is 6. The number of hydrogen-bond donors (Lipinski definition) is 2. The Kier molecular flexibility index (Phi) is 7.30. The van der Waals surface area contributed by atoms with Crippen LogP contribution in [0.15, 0.2) is 59.9 Å². The van der Waals surface area contributed by atoms with Crippen LogP contribution in [0.2, 0.25) is 0 Å². The molecule has 2 amide bonds. The Hall–Kier alpha value is -5.33. The molecule has 8 rings (SSSR count). The van der Waals surface area contributed by atoms with E-state index in [9.17, 15) is 14.4 Å². The molecule has 13 nitrogen and oxygen atoms in total. The summed E-state index contributed by atoms with van der Waals surface area (Å²) in [5.74, 6) is 1.40. The molecule has 0 radical (unpaired) electrons. The van der Waals surface area contributed by atoms with Crippen molar-refractivity contribution >= 4 is 29.0 Å². The normalized spacial score (nSPS) is 17.0. The fourth-order valence-corrected chi connectivity index (χ4v) is 7.28. The average molecular weight is 633 g/mol. The fourth-order valence-electron chi connectivity index (χ4n) is 7.28. The minimum atomic E-state index is -0.494. The second-order valence-corrected chi connectivity index (χ2v) is 12.7. The third-order valence-electron chi connectivity index (χ3n) is 9.98. The monoisotopic (exact) mass is 632 g/mol. The topological polar surface area (TPSA) is 158 Å². The van der Waals surface area contributed by atoms with Gasteiger partial charge in [-0.15, -0.1) is 0 Å². The lowest BCUT2D eigenvalue weighted by Crippen LogP contribution is -2.43. The second-order valence-electron chi connectivity index (χ2n) is 12.7. The number of anilines is 2. The van der Waals surface area contributed by atoms with Crippen LogP contribution in [0.4, 0.5) is 11.6 Å². The van der Waals surface area contributed by atoms with Crippen molar-refractivity contribution in [1.82, 2.24) is 38.8 Å².